The van der Waals surface area contributed by atoms with E-state index in [0.717, 1.165) is 0 Å². The van der Waals surface area contributed by atoms with Gasteiger partial charge < -0.3 is 0 Å². The highest BCUT2D eigenvalue weighted by Crippen LogP contribution is 2.36. The molecule has 0 aliphatic heterocycles. The molecule has 0 unspecified atom stereocenters. The number of rotatable bonds is 3. The first-order chi connectivity index (χ1) is 11.1. The smallest absolute Gasteiger partial charge is 0.198 e. The van der Waals surface area contributed by atoms with E-state index in [0.29, 0.717) is 5.71 Å². The van der Waals surface area contributed by atoms with Gasteiger partial charge in [-0.25, -0.2) is 30.7 Å². The van der Waals surface area contributed by atoms with Crippen molar-refractivity contribution >= 4 is 22.2 Å². The average molecular weight is 352 g/mol. The number of benzene rings is 2. The van der Waals surface area contributed by atoms with E-state index < -0.39 is 57.2 Å². The summed E-state index contributed by atoms with van der Waals surface area (Å²) in [4.78, 5) is 0. The van der Waals surface area contributed by atoms with Crippen LogP contribution >= 0.6 is 0 Å². The lowest BCUT2D eigenvalue weighted by molar-refractivity contribution is 0.412. The van der Waals surface area contributed by atoms with E-state index in [1.807, 2.05) is 5.43 Å². The van der Waals surface area contributed by atoms with Gasteiger partial charge >= 0.3 is 0 Å². The van der Waals surface area contributed by atoms with Crippen LogP contribution in [0.15, 0.2) is 5.10 Å². The number of halogens is 7. The van der Waals surface area contributed by atoms with Crippen molar-refractivity contribution in [2.45, 2.75) is 20.8 Å². The molecule has 24 heavy (non-hydrogen) atoms. The quantitative estimate of drug-likeness (QED) is 0.263. The van der Waals surface area contributed by atoms with Crippen LogP contribution in [0.1, 0.15) is 20.8 Å². The van der Waals surface area contributed by atoms with Gasteiger partial charge in [-0.05, 0) is 12.8 Å². The number of nitrogens with one attached hydrogen (secondary N) is 1. The highest BCUT2D eigenvalue weighted by molar-refractivity contribution is 5.89. The number of anilines is 1. The first-order valence-corrected chi connectivity index (χ1v) is 6.71. The Hall–Kier alpha value is -2.32. The molecule has 0 fully saturated rings. The standard InChI is InChI=1S/C15H11F7N2/c1-4(2)5(3)23-24-15-11(19)7-6(10(18)14(15)22)8(16)12(20)13(21)9(7)17/h4,24H,1-3H3/b23-5+. The van der Waals surface area contributed by atoms with Gasteiger partial charge in [-0.15, -0.1) is 0 Å². The van der Waals surface area contributed by atoms with Crippen molar-refractivity contribution in [1.29, 1.82) is 0 Å². The molecule has 0 bridgehead atoms. The fourth-order valence-corrected chi connectivity index (χ4v) is 1.86. The molecule has 2 rings (SSSR count). The molecule has 0 heterocycles. The van der Waals surface area contributed by atoms with E-state index in [4.69, 9.17) is 0 Å². The summed E-state index contributed by atoms with van der Waals surface area (Å²) in [5.41, 5.74) is 0.990. The van der Waals surface area contributed by atoms with E-state index in [1.54, 1.807) is 13.8 Å². The summed E-state index contributed by atoms with van der Waals surface area (Å²) in [6.45, 7) is 4.92. The second kappa shape index (κ2) is 6.29. The molecule has 0 aromatic heterocycles. The zero-order valence-electron chi connectivity index (χ0n) is 12.7. The van der Waals surface area contributed by atoms with Crippen molar-refractivity contribution in [3.63, 3.8) is 0 Å². The first-order valence-electron chi connectivity index (χ1n) is 6.71. The normalized spacial score (nSPS) is 12.4. The van der Waals surface area contributed by atoms with Gasteiger partial charge in [-0.3, -0.25) is 5.43 Å². The van der Waals surface area contributed by atoms with Crippen molar-refractivity contribution < 1.29 is 30.7 Å². The maximum atomic E-state index is 14.3. The zero-order chi connectivity index (χ0) is 18.3. The summed E-state index contributed by atoms with van der Waals surface area (Å²) in [5.74, 6) is -15.1. The Morgan fingerprint density at radius 2 is 1.12 bits per heavy atom. The van der Waals surface area contributed by atoms with E-state index >= 15 is 0 Å². The molecule has 0 saturated carbocycles. The number of fused-ring (bicyclic) bond motifs is 1. The lowest BCUT2D eigenvalue weighted by Crippen LogP contribution is -2.10. The van der Waals surface area contributed by atoms with Crippen molar-refractivity contribution in [3.05, 3.63) is 40.7 Å². The van der Waals surface area contributed by atoms with Crippen molar-refractivity contribution in [2.75, 3.05) is 5.43 Å². The van der Waals surface area contributed by atoms with Gasteiger partial charge in [0.05, 0.1) is 10.8 Å². The molecular weight excluding hydrogens is 341 g/mol. The molecule has 0 amide bonds. The Bertz CT molecular complexity index is 859. The fraction of sp³-hybridized carbons (Fsp3) is 0.267. The minimum Gasteiger partial charge on any atom is -0.273 e. The van der Waals surface area contributed by atoms with Crippen LogP contribution in [0.5, 0.6) is 0 Å². The molecule has 0 aliphatic rings. The lowest BCUT2D eigenvalue weighted by atomic mass is 10.1. The predicted molar refractivity (Wildman–Crippen MR) is 75.2 cm³/mol. The predicted octanol–water partition coefficient (Wildman–Crippen LogP) is 5.26. The topological polar surface area (TPSA) is 24.4 Å². The largest absolute Gasteiger partial charge is 0.273 e. The zero-order valence-corrected chi connectivity index (χ0v) is 12.7. The molecule has 2 aromatic rings. The summed E-state index contributed by atoms with van der Waals surface area (Å²) in [5, 5.41) is 0.385. The van der Waals surface area contributed by atoms with Gasteiger partial charge in [-0.1, -0.05) is 13.8 Å². The van der Waals surface area contributed by atoms with E-state index in [-0.39, 0.29) is 5.92 Å². The summed E-state index contributed by atoms with van der Waals surface area (Å²) in [6, 6.07) is 0. The number of hydrogen-bond donors (Lipinski definition) is 1. The van der Waals surface area contributed by atoms with Crippen LogP contribution in [0.2, 0.25) is 0 Å². The molecular formula is C15H11F7N2. The molecule has 0 aliphatic carbocycles. The molecule has 130 valence electrons. The Labute approximate surface area is 132 Å². The second-order valence-electron chi connectivity index (χ2n) is 5.34. The van der Waals surface area contributed by atoms with E-state index in [9.17, 15) is 30.7 Å². The molecule has 0 radical (unpaired) electrons. The monoisotopic (exact) mass is 352 g/mol. The Kier molecular flexibility index (Phi) is 4.73. The third-order valence-corrected chi connectivity index (χ3v) is 3.52. The Morgan fingerprint density at radius 3 is 1.58 bits per heavy atom. The molecule has 0 saturated heterocycles. The average Bonchev–Trinajstić information content (AvgIpc) is 2.53. The Morgan fingerprint density at radius 1 is 0.708 bits per heavy atom. The molecule has 1 N–H and O–H groups in total. The van der Waals surface area contributed by atoms with Crippen LogP contribution in [-0.4, -0.2) is 5.71 Å². The van der Waals surface area contributed by atoms with Crippen LogP contribution < -0.4 is 5.43 Å². The summed E-state index contributed by atoms with van der Waals surface area (Å²) in [6.07, 6.45) is 0. The minimum absolute atomic E-state index is 0.130. The van der Waals surface area contributed by atoms with Gasteiger partial charge in [0.25, 0.3) is 0 Å². The number of hydrogen-bond acceptors (Lipinski definition) is 2. The van der Waals surface area contributed by atoms with Gasteiger partial charge in [0.2, 0.25) is 0 Å². The Balaban J connectivity index is 2.84. The molecule has 9 heteroatoms. The van der Waals surface area contributed by atoms with Crippen LogP contribution in [-0.2, 0) is 0 Å². The van der Waals surface area contributed by atoms with Gasteiger partial charge in [0, 0.05) is 5.71 Å². The van der Waals surface area contributed by atoms with Gasteiger partial charge in [0.1, 0.15) is 5.69 Å². The summed E-state index contributed by atoms with van der Waals surface area (Å²) >= 11 is 0. The van der Waals surface area contributed by atoms with Crippen LogP contribution in [0, 0.1) is 46.6 Å². The molecule has 0 spiro atoms. The van der Waals surface area contributed by atoms with Gasteiger partial charge in [0.15, 0.2) is 40.7 Å². The van der Waals surface area contributed by atoms with Gasteiger partial charge in [-0.2, -0.15) is 5.10 Å². The number of nitrogens with zero attached hydrogens (tertiary/aromatic N) is 1. The first kappa shape index (κ1) is 18.0. The maximum absolute atomic E-state index is 14.3. The highest BCUT2D eigenvalue weighted by Gasteiger charge is 2.30. The second-order valence-corrected chi connectivity index (χ2v) is 5.34. The fourth-order valence-electron chi connectivity index (χ4n) is 1.86. The lowest BCUT2D eigenvalue weighted by Gasteiger charge is -2.13. The van der Waals surface area contributed by atoms with Crippen LogP contribution in [0.3, 0.4) is 0 Å². The number of hydrazone groups is 1. The summed E-state index contributed by atoms with van der Waals surface area (Å²) in [7, 11) is 0. The van der Waals surface area contributed by atoms with Crippen molar-refractivity contribution in [3.8, 4) is 0 Å². The highest BCUT2D eigenvalue weighted by atomic mass is 19.2. The van der Waals surface area contributed by atoms with E-state index in [1.165, 1.54) is 6.92 Å². The maximum Gasteiger partial charge on any atom is 0.198 e. The molecule has 2 nitrogen and oxygen atoms in total. The molecule has 2 aromatic carbocycles. The van der Waals surface area contributed by atoms with Crippen molar-refractivity contribution in [1.82, 2.24) is 0 Å². The van der Waals surface area contributed by atoms with Crippen LogP contribution in [0.4, 0.5) is 36.4 Å². The third-order valence-electron chi connectivity index (χ3n) is 3.52. The minimum atomic E-state index is -2.37. The SMILES string of the molecule is C/C(=N\Nc1c(F)c(F)c2c(F)c(F)c(F)c(F)c2c1F)C(C)C. The van der Waals surface area contributed by atoms with Crippen LogP contribution in [0.25, 0.3) is 10.8 Å². The third kappa shape index (κ3) is 2.67. The summed E-state index contributed by atoms with van der Waals surface area (Å²) < 4.78 is 96.0. The van der Waals surface area contributed by atoms with E-state index in [2.05, 4.69) is 5.10 Å². The van der Waals surface area contributed by atoms with Crippen molar-refractivity contribution in [2.24, 2.45) is 11.0 Å². The molecule has 0 atom stereocenters.